The molecule has 3 fully saturated rings. The van der Waals surface area contributed by atoms with E-state index in [1.54, 1.807) is 0 Å². The standard InChI is InChI=1S/C16H27F3N2O/c17-16(18,19)11-3-1-4-12(9-11)21-14-6-2-5-13(14)15-10-22-8-7-20-15/h11-15,20-21H,1-10H2. The molecule has 2 aliphatic carbocycles. The van der Waals surface area contributed by atoms with Gasteiger partial charge in [0.2, 0.25) is 0 Å². The predicted molar refractivity (Wildman–Crippen MR) is 78.7 cm³/mol. The molecule has 22 heavy (non-hydrogen) atoms. The van der Waals surface area contributed by atoms with E-state index >= 15 is 0 Å². The van der Waals surface area contributed by atoms with Gasteiger partial charge in [0.15, 0.2) is 0 Å². The first kappa shape index (κ1) is 16.5. The molecule has 5 atom stereocenters. The molecule has 1 aliphatic heterocycles. The Morgan fingerprint density at radius 3 is 2.59 bits per heavy atom. The molecular formula is C16H27F3N2O. The van der Waals surface area contributed by atoms with Crippen LogP contribution in [0.5, 0.6) is 0 Å². The van der Waals surface area contributed by atoms with E-state index in [-0.39, 0.29) is 12.5 Å². The molecule has 0 amide bonds. The van der Waals surface area contributed by atoms with Crippen molar-refractivity contribution < 1.29 is 17.9 Å². The van der Waals surface area contributed by atoms with Crippen molar-refractivity contribution in [1.82, 2.24) is 10.6 Å². The number of ether oxygens (including phenoxy) is 1. The molecule has 1 heterocycles. The summed E-state index contributed by atoms with van der Waals surface area (Å²) in [7, 11) is 0. The van der Waals surface area contributed by atoms with E-state index in [4.69, 9.17) is 4.74 Å². The van der Waals surface area contributed by atoms with Gasteiger partial charge in [-0.05, 0) is 38.0 Å². The minimum absolute atomic E-state index is 0.0236. The van der Waals surface area contributed by atoms with Crippen LogP contribution in [0.25, 0.3) is 0 Å². The van der Waals surface area contributed by atoms with Gasteiger partial charge in [0.25, 0.3) is 0 Å². The first-order chi connectivity index (χ1) is 10.5. The number of hydrogen-bond donors (Lipinski definition) is 2. The first-order valence-corrected chi connectivity index (χ1v) is 8.68. The lowest BCUT2D eigenvalue weighted by Gasteiger charge is -2.37. The second-order valence-electron chi connectivity index (χ2n) is 7.11. The number of morpholine rings is 1. The molecule has 2 saturated carbocycles. The lowest BCUT2D eigenvalue weighted by Crippen LogP contribution is -2.53. The summed E-state index contributed by atoms with van der Waals surface area (Å²) in [5, 5.41) is 7.09. The Morgan fingerprint density at radius 2 is 1.86 bits per heavy atom. The van der Waals surface area contributed by atoms with Crippen LogP contribution in [0.2, 0.25) is 0 Å². The van der Waals surface area contributed by atoms with Gasteiger partial charge in [-0.1, -0.05) is 12.8 Å². The molecular weight excluding hydrogens is 293 g/mol. The van der Waals surface area contributed by atoms with Crippen molar-refractivity contribution >= 4 is 0 Å². The lowest BCUT2D eigenvalue weighted by atomic mass is 9.84. The van der Waals surface area contributed by atoms with Gasteiger partial charge in [0.05, 0.1) is 19.1 Å². The van der Waals surface area contributed by atoms with Gasteiger partial charge in [0, 0.05) is 24.7 Å². The number of alkyl halides is 3. The summed E-state index contributed by atoms with van der Waals surface area (Å²) >= 11 is 0. The first-order valence-electron chi connectivity index (χ1n) is 8.68. The zero-order valence-electron chi connectivity index (χ0n) is 13.0. The minimum Gasteiger partial charge on any atom is -0.379 e. The third kappa shape index (κ3) is 3.95. The van der Waals surface area contributed by atoms with E-state index in [0.717, 1.165) is 45.4 Å². The monoisotopic (exact) mass is 320 g/mol. The van der Waals surface area contributed by atoms with E-state index < -0.39 is 12.1 Å². The Balaban J connectivity index is 1.55. The summed E-state index contributed by atoms with van der Waals surface area (Å²) in [6.45, 7) is 2.38. The van der Waals surface area contributed by atoms with Crippen molar-refractivity contribution in [3.8, 4) is 0 Å². The van der Waals surface area contributed by atoms with E-state index in [1.807, 2.05) is 0 Å². The summed E-state index contributed by atoms with van der Waals surface area (Å²) in [6, 6.07) is 0.724. The Morgan fingerprint density at radius 1 is 1.05 bits per heavy atom. The molecule has 0 aromatic heterocycles. The topological polar surface area (TPSA) is 33.3 Å². The second-order valence-corrected chi connectivity index (χ2v) is 7.11. The van der Waals surface area contributed by atoms with Crippen molar-refractivity contribution in [2.45, 2.75) is 69.2 Å². The minimum atomic E-state index is -4.03. The molecule has 3 aliphatic rings. The highest BCUT2D eigenvalue weighted by Gasteiger charge is 2.43. The maximum Gasteiger partial charge on any atom is 0.391 e. The van der Waals surface area contributed by atoms with Gasteiger partial charge >= 0.3 is 6.18 Å². The fraction of sp³-hybridized carbons (Fsp3) is 1.00. The highest BCUT2D eigenvalue weighted by atomic mass is 19.4. The van der Waals surface area contributed by atoms with Gasteiger partial charge in [-0.15, -0.1) is 0 Å². The van der Waals surface area contributed by atoms with Crippen LogP contribution in [-0.4, -0.2) is 44.1 Å². The van der Waals surface area contributed by atoms with Gasteiger partial charge in [0.1, 0.15) is 0 Å². The normalized spacial score (nSPS) is 40.8. The van der Waals surface area contributed by atoms with E-state index in [2.05, 4.69) is 10.6 Å². The lowest BCUT2D eigenvalue weighted by molar-refractivity contribution is -0.184. The zero-order valence-corrected chi connectivity index (χ0v) is 13.0. The average Bonchev–Trinajstić information content (AvgIpc) is 2.96. The fourth-order valence-corrected chi connectivity index (χ4v) is 4.48. The van der Waals surface area contributed by atoms with Crippen molar-refractivity contribution in [3.63, 3.8) is 0 Å². The Hall–Kier alpha value is -0.330. The fourth-order valence-electron chi connectivity index (χ4n) is 4.48. The predicted octanol–water partition coefficient (Wildman–Crippen LogP) is 2.85. The van der Waals surface area contributed by atoms with Crippen LogP contribution in [0.3, 0.4) is 0 Å². The van der Waals surface area contributed by atoms with Gasteiger partial charge in [-0.2, -0.15) is 13.2 Å². The highest BCUT2D eigenvalue weighted by Crippen LogP contribution is 2.38. The maximum absolute atomic E-state index is 12.9. The third-order valence-corrected chi connectivity index (χ3v) is 5.62. The molecule has 0 aromatic rings. The molecule has 5 unspecified atom stereocenters. The van der Waals surface area contributed by atoms with Crippen LogP contribution in [0.1, 0.15) is 44.9 Å². The summed E-state index contributed by atoms with van der Waals surface area (Å²) in [4.78, 5) is 0. The third-order valence-electron chi connectivity index (χ3n) is 5.62. The molecule has 1 saturated heterocycles. The van der Waals surface area contributed by atoms with Crippen LogP contribution in [-0.2, 0) is 4.74 Å². The molecule has 2 N–H and O–H groups in total. The van der Waals surface area contributed by atoms with Crippen molar-refractivity contribution in [1.29, 1.82) is 0 Å². The summed E-state index contributed by atoms with van der Waals surface area (Å²) in [6.07, 6.45) is 1.47. The van der Waals surface area contributed by atoms with Crippen LogP contribution in [0, 0.1) is 11.8 Å². The molecule has 128 valence electrons. The van der Waals surface area contributed by atoms with Crippen LogP contribution in [0.15, 0.2) is 0 Å². The largest absolute Gasteiger partial charge is 0.391 e. The molecule has 0 aromatic carbocycles. The summed E-state index contributed by atoms with van der Waals surface area (Å²) in [5.74, 6) is -0.624. The van der Waals surface area contributed by atoms with E-state index in [0.29, 0.717) is 30.8 Å². The Bertz CT molecular complexity index is 358. The van der Waals surface area contributed by atoms with Gasteiger partial charge < -0.3 is 15.4 Å². The summed E-state index contributed by atoms with van der Waals surface area (Å²) in [5.41, 5.74) is 0. The molecule has 3 rings (SSSR count). The van der Waals surface area contributed by atoms with Crippen LogP contribution < -0.4 is 10.6 Å². The maximum atomic E-state index is 12.9. The van der Waals surface area contributed by atoms with Gasteiger partial charge in [-0.3, -0.25) is 0 Å². The van der Waals surface area contributed by atoms with Crippen LogP contribution >= 0.6 is 0 Å². The van der Waals surface area contributed by atoms with E-state index in [9.17, 15) is 13.2 Å². The van der Waals surface area contributed by atoms with Crippen molar-refractivity contribution in [2.24, 2.45) is 11.8 Å². The molecule has 3 nitrogen and oxygen atoms in total. The Labute approximate surface area is 130 Å². The number of halogens is 3. The number of nitrogens with one attached hydrogen (secondary N) is 2. The van der Waals surface area contributed by atoms with Crippen molar-refractivity contribution in [3.05, 3.63) is 0 Å². The molecule has 0 radical (unpaired) electrons. The Kier molecular flexibility index (Phi) is 5.30. The number of rotatable bonds is 3. The summed E-state index contributed by atoms with van der Waals surface area (Å²) < 4.78 is 44.4. The highest BCUT2D eigenvalue weighted by molar-refractivity contribution is 4.94. The molecule has 6 heteroatoms. The van der Waals surface area contributed by atoms with E-state index in [1.165, 1.54) is 0 Å². The smallest absolute Gasteiger partial charge is 0.379 e. The van der Waals surface area contributed by atoms with Gasteiger partial charge in [-0.25, -0.2) is 0 Å². The quantitative estimate of drug-likeness (QED) is 0.839. The number of hydrogen-bond acceptors (Lipinski definition) is 3. The van der Waals surface area contributed by atoms with Crippen LogP contribution in [0.4, 0.5) is 13.2 Å². The van der Waals surface area contributed by atoms with Crippen molar-refractivity contribution in [2.75, 3.05) is 19.8 Å². The molecule has 0 spiro atoms. The SMILES string of the molecule is FC(F)(F)C1CCCC(NC2CCCC2C2COCCN2)C1. The zero-order chi connectivity index (χ0) is 15.6. The second kappa shape index (κ2) is 7.05. The average molecular weight is 320 g/mol. The molecule has 0 bridgehead atoms.